The second kappa shape index (κ2) is 7.51. The lowest BCUT2D eigenvalue weighted by atomic mass is 10.1. The number of benzene rings is 1. The van der Waals surface area contributed by atoms with Gasteiger partial charge in [0.15, 0.2) is 0 Å². The van der Waals surface area contributed by atoms with Gasteiger partial charge in [0.2, 0.25) is 0 Å². The lowest BCUT2D eigenvalue weighted by molar-refractivity contribution is -0.00283. The maximum atomic E-state index is 5.81. The molecule has 0 aromatic heterocycles. The molecule has 1 aromatic carbocycles. The number of hydrogen-bond donors (Lipinski definition) is 0. The van der Waals surface area contributed by atoms with Crippen LogP contribution in [0.1, 0.15) is 24.8 Å². The van der Waals surface area contributed by atoms with E-state index in [-0.39, 0.29) is 0 Å². The monoisotopic (exact) mass is 263 g/mol. The van der Waals surface area contributed by atoms with E-state index in [0.29, 0.717) is 6.10 Å². The molecule has 1 atom stereocenters. The molecule has 106 valence electrons. The smallest absolute Gasteiger partial charge is 0.122 e. The molecule has 0 saturated carbocycles. The first-order chi connectivity index (χ1) is 9.25. The average molecular weight is 263 g/mol. The maximum absolute atomic E-state index is 5.81. The van der Waals surface area contributed by atoms with Gasteiger partial charge in [0.1, 0.15) is 12.4 Å². The summed E-state index contributed by atoms with van der Waals surface area (Å²) in [6.07, 6.45) is 4.13. The van der Waals surface area contributed by atoms with Gasteiger partial charge < -0.3 is 14.4 Å². The highest BCUT2D eigenvalue weighted by molar-refractivity contribution is 5.31. The van der Waals surface area contributed by atoms with Crippen LogP contribution in [0.5, 0.6) is 5.75 Å². The Morgan fingerprint density at radius 1 is 1.32 bits per heavy atom. The first kappa shape index (κ1) is 14.4. The van der Waals surface area contributed by atoms with Crippen LogP contribution in [0.2, 0.25) is 0 Å². The van der Waals surface area contributed by atoms with Crippen molar-refractivity contribution < 1.29 is 9.47 Å². The van der Waals surface area contributed by atoms with Crippen LogP contribution in [-0.4, -0.2) is 44.4 Å². The summed E-state index contributed by atoms with van der Waals surface area (Å²) in [7, 11) is 2.14. The quantitative estimate of drug-likeness (QED) is 0.787. The van der Waals surface area contributed by atoms with Crippen LogP contribution in [0.4, 0.5) is 0 Å². The minimum Gasteiger partial charge on any atom is -0.492 e. The molecule has 0 bridgehead atoms. The van der Waals surface area contributed by atoms with E-state index in [0.717, 1.165) is 32.1 Å². The van der Waals surface area contributed by atoms with Gasteiger partial charge in [-0.3, -0.25) is 0 Å². The highest BCUT2D eigenvalue weighted by Crippen LogP contribution is 2.16. The minimum atomic E-state index is 0.414. The van der Waals surface area contributed by atoms with Crippen LogP contribution < -0.4 is 4.74 Å². The lowest BCUT2D eigenvalue weighted by Gasteiger charge is -2.27. The molecule has 3 heteroatoms. The Morgan fingerprint density at radius 3 is 2.89 bits per heavy atom. The van der Waals surface area contributed by atoms with Gasteiger partial charge in [-0.05, 0) is 44.9 Å². The number of rotatable bonds is 6. The SMILES string of the molecule is Cc1ccccc1OCCN(C)CC1CCCCO1. The molecule has 0 radical (unpaired) electrons. The van der Waals surface area contributed by atoms with Gasteiger partial charge in [0.25, 0.3) is 0 Å². The van der Waals surface area contributed by atoms with E-state index in [1.165, 1.54) is 24.8 Å². The number of ether oxygens (including phenoxy) is 2. The van der Waals surface area contributed by atoms with E-state index in [4.69, 9.17) is 9.47 Å². The molecule has 1 heterocycles. The molecule has 0 spiro atoms. The third kappa shape index (κ3) is 4.84. The topological polar surface area (TPSA) is 21.7 Å². The Hall–Kier alpha value is -1.06. The predicted octanol–water partition coefficient (Wildman–Crippen LogP) is 2.87. The first-order valence-electron chi connectivity index (χ1n) is 7.24. The second-order valence-electron chi connectivity index (χ2n) is 5.36. The number of nitrogens with zero attached hydrogens (tertiary/aromatic N) is 1. The Morgan fingerprint density at radius 2 is 2.16 bits per heavy atom. The summed E-state index contributed by atoms with van der Waals surface area (Å²) in [5, 5.41) is 0. The summed E-state index contributed by atoms with van der Waals surface area (Å²) in [4.78, 5) is 2.30. The molecule has 1 aromatic rings. The van der Waals surface area contributed by atoms with Crippen molar-refractivity contribution in [1.29, 1.82) is 0 Å². The number of hydrogen-bond acceptors (Lipinski definition) is 3. The highest BCUT2D eigenvalue weighted by atomic mass is 16.5. The Balaban J connectivity index is 1.66. The third-order valence-electron chi connectivity index (χ3n) is 3.61. The molecule has 1 aliphatic rings. The average Bonchev–Trinajstić information content (AvgIpc) is 2.42. The van der Waals surface area contributed by atoms with Crippen molar-refractivity contribution in [2.75, 3.05) is 33.4 Å². The van der Waals surface area contributed by atoms with Crippen LogP contribution in [0.25, 0.3) is 0 Å². The number of aryl methyl sites for hydroxylation is 1. The first-order valence-corrected chi connectivity index (χ1v) is 7.24. The normalized spacial score (nSPS) is 19.6. The van der Waals surface area contributed by atoms with Crippen LogP contribution in [0.15, 0.2) is 24.3 Å². The van der Waals surface area contributed by atoms with Crippen molar-refractivity contribution in [3.63, 3.8) is 0 Å². The number of para-hydroxylation sites is 1. The molecule has 3 nitrogen and oxygen atoms in total. The zero-order chi connectivity index (χ0) is 13.5. The molecule has 1 unspecified atom stereocenters. The van der Waals surface area contributed by atoms with Crippen LogP contribution >= 0.6 is 0 Å². The van der Waals surface area contributed by atoms with Crippen molar-refractivity contribution in [1.82, 2.24) is 4.90 Å². The van der Waals surface area contributed by atoms with Crippen LogP contribution in [0.3, 0.4) is 0 Å². The fourth-order valence-electron chi connectivity index (χ4n) is 2.42. The molecular weight excluding hydrogens is 238 g/mol. The zero-order valence-corrected chi connectivity index (χ0v) is 12.1. The zero-order valence-electron chi connectivity index (χ0n) is 12.1. The molecular formula is C16H25NO2. The fraction of sp³-hybridized carbons (Fsp3) is 0.625. The molecule has 1 saturated heterocycles. The van der Waals surface area contributed by atoms with Crippen molar-refractivity contribution >= 4 is 0 Å². The summed E-state index contributed by atoms with van der Waals surface area (Å²) >= 11 is 0. The second-order valence-corrected chi connectivity index (χ2v) is 5.36. The molecule has 2 rings (SSSR count). The molecule has 1 fully saturated rings. The summed E-state index contributed by atoms with van der Waals surface area (Å²) in [6.45, 7) is 5.69. The summed E-state index contributed by atoms with van der Waals surface area (Å²) in [6, 6.07) is 8.16. The Kier molecular flexibility index (Phi) is 5.67. The largest absolute Gasteiger partial charge is 0.492 e. The highest BCUT2D eigenvalue weighted by Gasteiger charge is 2.15. The van der Waals surface area contributed by atoms with Crippen molar-refractivity contribution in [2.45, 2.75) is 32.3 Å². The minimum absolute atomic E-state index is 0.414. The third-order valence-corrected chi connectivity index (χ3v) is 3.61. The standard InChI is InChI=1S/C16H25NO2/c1-14-7-3-4-9-16(14)19-12-10-17(2)13-15-8-5-6-11-18-15/h3-4,7,9,15H,5-6,8,10-13H2,1-2H3. The van der Waals surface area contributed by atoms with Gasteiger partial charge in [-0.25, -0.2) is 0 Å². The predicted molar refractivity (Wildman–Crippen MR) is 77.8 cm³/mol. The van der Waals surface area contributed by atoms with Gasteiger partial charge in [-0.1, -0.05) is 18.2 Å². The molecule has 1 aliphatic heterocycles. The summed E-state index contributed by atoms with van der Waals surface area (Å²) in [5.41, 5.74) is 1.20. The van der Waals surface area contributed by atoms with Gasteiger partial charge in [0, 0.05) is 19.7 Å². The summed E-state index contributed by atoms with van der Waals surface area (Å²) in [5.74, 6) is 0.991. The van der Waals surface area contributed by atoms with E-state index in [9.17, 15) is 0 Å². The van der Waals surface area contributed by atoms with Crippen LogP contribution in [-0.2, 0) is 4.74 Å². The van der Waals surface area contributed by atoms with Crippen molar-refractivity contribution in [3.8, 4) is 5.75 Å². The fourth-order valence-corrected chi connectivity index (χ4v) is 2.42. The Labute approximate surface area is 116 Å². The lowest BCUT2D eigenvalue weighted by Crippen LogP contribution is -2.35. The van der Waals surface area contributed by atoms with E-state index in [1.54, 1.807) is 0 Å². The van der Waals surface area contributed by atoms with Crippen molar-refractivity contribution in [2.24, 2.45) is 0 Å². The van der Waals surface area contributed by atoms with Gasteiger partial charge >= 0.3 is 0 Å². The van der Waals surface area contributed by atoms with Gasteiger partial charge in [-0.2, -0.15) is 0 Å². The summed E-state index contributed by atoms with van der Waals surface area (Å²) < 4.78 is 11.6. The van der Waals surface area contributed by atoms with Gasteiger partial charge in [-0.15, -0.1) is 0 Å². The number of likely N-dealkylation sites (N-methyl/N-ethyl adjacent to an activating group) is 1. The van der Waals surface area contributed by atoms with Crippen LogP contribution in [0, 0.1) is 6.92 Å². The molecule has 19 heavy (non-hydrogen) atoms. The van der Waals surface area contributed by atoms with E-state index in [1.807, 2.05) is 18.2 Å². The maximum Gasteiger partial charge on any atom is 0.122 e. The molecule has 0 aliphatic carbocycles. The molecule has 0 N–H and O–H groups in total. The van der Waals surface area contributed by atoms with Gasteiger partial charge in [0.05, 0.1) is 6.10 Å². The van der Waals surface area contributed by atoms with E-state index < -0.39 is 0 Å². The Bertz CT molecular complexity index is 375. The molecule has 0 amide bonds. The van der Waals surface area contributed by atoms with E-state index >= 15 is 0 Å². The van der Waals surface area contributed by atoms with E-state index in [2.05, 4.69) is 24.9 Å². The van der Waals surface area contributed by atoms with Crippen molar-refractivity contribution in [3.05, 3.63) is 29.8 Å².